The molecule has 0 aliphatic carbocycles. The summed E-state index contributed by atoms with van der Waals surface area (Å²) in [5, 5.41) is 2.85. The smallest absolute Gasteiger partial charge is 0.188 e. The van der Waals surface area contributed by atoms with E-state index in [9.17, 15) is 0 Å². The third-order valence-electron chi connectivity index (χ3n) is 4.95. The van der Waals surface area contributed by atoms with Crippen LogP contribution in [0.25, 0.3) is 0 Å². The van der Waals surface area contributed by atoms with Crippen LogP contribution in [0.3, 0.4) is 0 Å². The molecule has 0 aliphatic heterocycles. The quantitative estimate of drug-likeness (QED) is 0.279. The van der Waals surface area contributed by atoms with Crippen LogP contribution in [0.15, 0.2) is 24.3 Å². The Kier molecular flexibility index (Phi) is 9.88. The summed E-state index contributed by atoms with van der Waals surface area (Å²) in [6.07, 6.45) is 0. The SMILES string of the molecule is COCOc1c(P(OC)c2cc(Cl)cc(C(C)(C)C)c2OCOC)cc(Cl)cc1C(C)(C)C. The summed E-state index contributed by atoms with van der Waals surface area (Å²) in [5.41, 5.74) is 1.48. The second-order valence-corrected chi connectivity index (χ2v) is 12.5. The van der Waals surface area contributed by atoms with Crippen molar-refractivity contribution in [1.29, 1.82) is 0 Å². The second-order valence-electron chi connectivity index (χ2n) is 9.68. The van der Waals surface area contributed by atoms with Crippen LogP contribution in [0, 0.1) is 0 Å². The average Bonchev–Trinajstić information content (AvgIpc) is 2.70. The molecule has 2 aromatic carbocycles. The Labute approximate surface area is 209 Å². The van der Waals surface area contributed by atoms with Gasteiger partial charge in [-0.25, -0.2) is 0 Å². The van der Waals surface area contributed by atoms with Crippen molar-refractivity contribution in [2.45, 2.75) is 52.4 Å². The molecule has 0 saturated carbocycles. The summed E-state index contributed by atoms with van der Waals surface area (Å²) in [6, 6.07) is 7.63. The van der Waals surface area contributed by atoms with Crippen molar-refractivity contribution in [2.75, 3.05) is 34.9 Å². The van der Waals surface area contributed by atoms with Gasteiger partial charge in [0.05, 0.1) is 18.8 Å². The maximum absolute atomic E-state index is 6.60. The molecule has 2 aromatic rings. The lowest BCUT2D eigenvalue weighted by Gasteiger charge is -2.30. The van der Waals surface area contributed by atoms with Gasteiger partial charge in [0, 0.05) is 42.5 Å². The van der Waals surface area contributed by atoms with E-state index in [0.717, 1.165) is 21.7 Å². The second kappa shape index (κ2) is 11.6. The van der Waals surface area contributed by atoms with Crippen molar-refractivity contribution in [3.05, 3.63) is 45.4 Å². The predicted octanol–water partition coefficient (Wildman–Crippen LogP) is 6.55. The predicted molar refractivity (Wildman–Crippen MR) is 139 cm³/mol. The summed E-state index contributed by atoms with van der Waals surface area (Å²) in [5.74, 6) is 1.38. The minimum atomic E-state index is -1.41. The molecule has 0 atom stereocenters. The van der Waals surface area contributed by atoms with E-state index < -0.39 is 8.15 Å². The highest BCUT2D eigenvalue weighted by Gasteiger charge is 2.32. The number of hydrogen-bond acceptors (Lipinski definition) is 5. The Morgan fingerprint density at radius 2 is 1.03 bits per heavy atom. The van der Waals surface area contributed by atoms with Crippen molar-refractivity contribution < 1.29 is 23.5 Å². The fraction of sp³-hybridized carbons (Fsp3) is 0.520. The summed E-state index contributed by atoms with van der Waals surface area (Å²) in [7, 11) is 3.44. The fourth-order valence-electron chi connectivity index (χ4n) is 3.44. The van der Waals surface area contributed by atoms with Crippen LogP contribution in [0.4, 0.5) is 0 Å². The first kappa shape index (κ1) is 28.2. The van der Waals surface area contributed by atoms with Crippen molar-refractivity contribution in [3.8, 4) is 11.5 Å². The van der Waals surface area contributed by atoms with Crippen LogP contribution in [0.2, 0.25) is 10.0 Å². The Hall–Kier alpha value is -1.07. The minimum Gasteiger partial charge on any atom is -0.466 e. The molecule has 0 unspecified atom stereocenters. The molecule has 0 fully saturated rings. The molecule has 0 spiro atoms. The first-order valence-electron chi connectivity index (χ1n) is 10.6. The molecule has 33 heavy (non-hydrogen) atoms. The molecule has 5 nitrogen and oxygen atoms in total. The normalized spacial score (nSPS) is 12.4. The molecule has 2 rings (SSSR count). The molecule has 0 N–H and O–H groups in total. The monoisotopic (exact) mass is 516 g/mol. The number of benzene rings is 2. The van der Waals surface area contributed by atoms with Gasteiger partial charge in [-0.3, -0.25) is 0 Å². The Morgan fingerprint density at radius 1 is 0.667 bits per heavy atom. The lowest BCUT2D eigenvalue weighted by atomic mass is 9.86. The number of rotatable bonds is 9. The summed E-state index contributed by atoms with van der Waals surface area (Å²) < 4.78 is 28.8. The van der Waals surface area contributed by atoms with Gasteiger partial charge in [0.2, 0.25) is 0 Å². The summed E-state index contributed by atoms with van der Waals surface area (Å²) >= 11 is 13.2. The topological polar surface area (TPSA) is 46.2 Å². The average molecular weight is 517 g/mol. The van der Waals surface area contributed by atoms with Gasteiger partial charge in [-0.2, -0.15) is 0 Å². The molecular formula is C25H35Cl2O5P. The van der Waals surface area contributed by atoms with E-state index in [1.54, 1.807) is 21.3 Å². The van der Waals surface area contributed by atoms with Gasteiger partial charge >= 0.3 is 0 Å². The van der Waals surface area contributed by atoms with Crippen molar-refractivity contribution in [2.24, 2.45) is 0 Å². The molecule has 8 heteroatoms. The zero-order chi connectivity index (χ0) is 25.0. The van der Waals surface area contributed by atoms with Crippen LogP contribution >= 0.6 is 31.4 Å². The summed E-state index contributed by atoms with van der Waals surface area (Å²) in [4.78, 5) is 0. The summed E-state index contributed by atoms with van der Waals surface area (Å²) in [6.45, 7) is 12.9. The highest BCUT2D eigenvalue weighted by Crippen LogP contribution is 2.47. The van der Waals surface area contributed by atoms with Crippen molar-refractivity contribution in [1.82, 2.24) is 0 Å². The first-order valence-corrected chi connectivity index (χ1v) is 12.6. The van der Waals surface area contributed by atoms with Crippen LogP contribution in [-0.4, -0.2) is 34.9 Å². The Morgan fingerprint density at radius 3 is 1.30 bits per heavy atom. The number of hydrogen-bond donors (Lipinski definition) is 0. The van der Waals surface area contributed by atoms with E-state index in [-0.39, 0.29) is 24.4 Å². The fourth-order valence-corrected chi connectivity index (χ4v) is 5.93. The van der Waals surface area contributed by atoms with Crippen molar-refractivity contribution >= 4 is 42.0 Å². The highest BCUT2D eigenvalue weighted by atomic mass is 35.5. The molecule has 0 radical (unpaired) electrons. The molecule has 0 aliphatic rings. The standard InChI is InChI=1S/C25H35Cl2O5P/c1-24(2,3)18-10-16(26)12-20(22(18)31-14-28-7)33(30-9)21-13-17(27)11-19(25(4,5)6)23(21)32-15-29-8/h10-13H,14-15H2,1-9H3. The first-order chi connectivity index (χ1) is 15.3. The van der Waals surface area contributed by atoms with Gasteiger partial charge in [0.25, 0.3) is 0 Å². The van der Waals surface area contributed by atoms with Gasteiger partial charge < -0.3 is 23.5 Å². The van der Waals surface area contributed by atoms with Gasteiger partial charge in [0.15, 0.2) is 13.6 Å². The maximum Gasteiger partial charge on any atom is 0.188 e. The van der Waals surface area contributed by atoms with E-state index >= 15 is 0 Å². The number of ether oxygens (including phenoxy) is 4. The van der Waals surface area contributed by atoms with E-state index in [0.29, 0.717) is 21.5 Å². The molecule has 0 bridgehead atoms. The molecule has 0 amide bonds. The third kappa shape index (κ3) is 6.97. The zero-order valence-electron chi connectivity index (χ0n) is 21.0. The Bertz CT molecular complexity index is 876. The Balaban J connectivity index is 2.87. The van der Waals surface area contributed by atoms with Crippen molar-refractivity contribution in [3.63, 3.8) is 0 Å². The van der Waals surface area contributed by atoms with Gasteiger partial charge in [-0.1, -0.05) is 64.7 Å². The van der Waals surface area contributed by atoms with Gasteiger partial charge in [-0.15, -0.1) is 0 Å². The van der Waals surface area contributed by atoms with Crippen LogP contribution in [0.5, 0.6) is 11.5 Å². The van der Waals surface area contributed by atoms with Gasteiger partial charge in [-0.05, 0) is 35.1 Å². The molecule has 0 saturated heterocycles. The maximum atomic E-state index is 6.60. The number of halogens is 2. The molecule has 184 valence electrons. The highest BCUT2D eigenvalue weighted by molar-refractivity contribution is 7.69. The molecule has 0 aromatic heterocycles. The minimum absolute atomic E-state index is 0.0976. The van der Waals surface area contributed by atoms with E-state index in [1.165, 1.54) is 0 Å². The van der Waals surface area contributed by atoms with Gasteiger partial charge in [0.1, 0.15) is 11.5 Å². The number of methoxy groups -OCH3 is 2. The van der Waals surface area contributed by atoms with E-state index in [2.05, 4.69) is 41.5 Å². The lowest BCUT2D eigenvalue weighted by Crippen LogP contribution is -2.25. The largest absolute Gasteiger partial charge is 0.466 e. The van der Waals surface area contributed by atoms with E-state index in [1.807, 2.05) is 24.3 Å². The van der Waals surface area contributed by atoms with Crippen LogP contribution in [0.1, 0.15) is 52.7 Å². The molecule has 0 heterocycles. The molecular weight excluding hydrogens is 482 g/mol. The van der Waals surface area contributed by atoms with Crippen LogP contribution < -0.4 is 20.1 Å². The van der Waals surface area contributed by atoms with E-state index in [4.69, 9.17) is 46.7 Å². The lowest BCUT2D eigenvalue weighted by molar-refractivity contribution is 0.0505. The zero-order valence-corrected chi connectivity index (χ0v) is 23.4. The van der Waals surface area contributed by atoms with Crippen LogP contribution in [-0.2, 0) is 24.8 Å². The third-order valence-corrected chi connectivity index (χ3v) is 7.29.